The number of aromatic hydroxyl groups is 1. The second-order valence-corrected chi connectivity index (χ2v) is 7.33. The van der Waals surface area contributed by atoms with E-state index < -0.39 is 28.9 Å². The van der Waals surface area contributed by atoms with Gasteiger partial charge in [-0.2, -0.15) is 0 Å². The molecule has 0 aliphatic heterocycles. The average Bonchev–Trinajstić information content (AvgIpc) is 2.74. The summed E-state index contributed by atoms with van der Waals surface area (Å²) in [5.41, 5.74) is 0.768. The minimum atomic E-state index is -0.824. The van der Waals surface area contributed by atoms with E-state index in [1.807, 2.05) is 0 Å². The first kappa shape index (κ1) is 22.4. The molecule has 0 radical (unpaired) electrons. The van der Waals surface area contributed by atoms with Crippen LogP contribution in [-0.4, -0.2) is 50.0 Å². The fourth-order valence-electron chi connectivity index (χ4n) is 3.27. The van der Waals surface area contributed by atoms with E-state index in [-0.39, 0.29) is 37.5 Å². The van der Waals surface area contributed by atoms with Gasteiger partial charge in [-0.1, -0.05) is 12.1 Å². The smallest absolute Gasteiger partial charge is 0.267 e. The van der Waals surface area contributed by atoms with Crippen LogP contribution in [0.1, 0.15) is 34.8 Å². The summed E-state index contributed by atoms with van der Waals surface area (Å²) in [7, 11) is 0. The lowest BCUT2D eigenvalue weighted by atomic mass is 10.1. The molecule has 3 aromatic rings. The van der Waals surface area contributed by atoms with Crippen LogP contribution in [0.4, 0.5) is 4.39 Å². The van der Waals surface area contributed by atoms with Crippen LogP contribution in [0.15, 0.2) is 41.3 Å². The van der Waals surface area contributed by atoms with E-state index in [9.17, 15) is 29.3 Å². The third-order valence-electron chi connectivity index (χ3n) is 4.78. The highest BCUT2D eigenvalue weighted by Crippen LogP contribution is 2.26. The zero-order valence-electron chi connectivity index (χ0n) is 17.0. The minimum Gasteiger partial charge on any atom is -0.505 e. The largest absolute Gasteiger partial charge is 0.505 e. The summed E-state index contributed by atoms with van der Waals surface area (Å²) >= 11 is 0. The Balaban J connectivity index is 2.09. The second kappa shape index (κ2) is 9.67. The SMILES string of the molecule is C[C@@H](O)CNC(=O)c1c(O)c2ncc(Cc3ccc(F)cc3)cc2n(CCCO)c1=O. The van der Waals surface area contributed by atoms with Crippen molar-refractivity contribution in [3.8, 4) is 5.75 Å². The lowest BCUT2D eigenvalue weighted by Gasteiger charge is -2.15. The van der Waals surface area contributed by atoms with Gasteiger partial charge in [0.05, 0.1) is 11.6 Å². The maximum absolute atomic E-state index is 13.2. The highest BCUT2D eigenvalue weighted by atomic mass is 19.1. The van der Waals surface area contributed by atoms with Crippen molar-refractivity contribution in [3.05, 3.63) is 69.4 Å². The molecule has 0 fully saturated rings. The molecule has 8 nitrogen and oxygen atoms in total. The zero-order valence-corrected chi connectivity index (χ0v) is 17.0. The van der Waals surface area contributed by atoms with Crippen LogP contribution < -0.4 is 10.9 Å². The summed E-state index contributed by atoms with van der Waals surface area (Å²) in [4.78, 5) is 29.8. The highest BCUT2D eigenvalue weighted by Gasteiger charge is 2.23. The van der Waals surface area contributed by atoms with Gasteiger partial charge >= 0.3 is 0 Å². The lowest BCUT2D eigenvalue weighted by molar-refractivity contribution is 0.0919. The predicted molar refractivity (Wildman–Crippen MR) is 113 cm³/mol. The number of aliphatic hydroxyl groups is 2. The molecular formula is C22H24FN3O5. The number of carbonyl (C=O) groups excluding carboxylic acids is 1. The van der Waals surface area contributed by atoms with Crippen molar-refractivity contribution in [1.82, 2.24) is 14.9 Å². The predicted octanol–water partition coefficient (Wildman–Crippen LogP) is 1.33. The number of carbonyl (C=O) groups is 1. The quantitative estimate of drug-likeness (QED) is 0.428. The standard InChI is InChI=1S/C22H24FN3O5/c1-13(28)11-25-21(30)18-20(29)19-17(26(22(18)31)7-2-8-27)10-15(12-24-19)9-14-3-5-16(23)6-4-14/h3-6,10,12-13,27-29H,2,7-9,11H2,1H3,(H,25,30)/t13-/m1/s1. The number of nitrogens with one attached hydrogen (secondary N) is 1. The second-order valence-electron chi connectivity index (χ2n) is 7.33. The first-order valence-corrected chi connectivity index (χ1v) is 9.87. The normalized spacial score (nSPS) is 12.1. The molecule has 2 heterocycles. The summed E-state index contributed by atoms with van der Waals surface area (Å²) in [5, 5.41) is 31.6. The molecule has 4 N–H and O–H groups in total. The summed E-state index contributed by atoms with van der Waals surface area (Å²) in [6.07, 6.45) is 1.38. The molecule has 0 bridgehead atoms. The summed E-state index contributed by atoms with van der Waals surface area (Å²) in [6, 6.07) is 7.68. The molecule has 0 unspecified atom stereocenters. The molecule has 0 aliphatic rings. The Bertz CT molecular complexity index is 1140. The molecule has 31 heavy (non-hydrogen) atoms. The van der Waals surface area contributed by atoms with Gasteiger partial charge in [0.25, 0.3) is 11.5 Å². The Kier molecular flexibility index (Phi) is 6.98. The van der Waals surface area contributed by atoms with E-state index in [1.54, 1.807) is 18.2 Å². The fourth-order valence-corrected chi connectivity index (χ4v) is 3.27. The van der Waals surface area contributed by atoms with Crippen LogP contribution in [0.5, 0.6) is 5.75 Å². The summed E-state index contributed by atoms with van der Waals surface area (Å²) < 4.78 is 14.4. The van der Waals surface area contributed by atoms with Gasteiger partial charge in [0.1, 0.15) is 16.9 Å². The number of hydrogen-bond acceptors (Lipinski definition) is 6. The maximum Gasteiger partial charge on any atom is 0.267 e. The van der Waals surface area contributed by atoms with E-state index in [0.29, 0.717) is 11.9 Å². The van der Waals surface area contributed by atoms with Crippen LogP contribution in [0, 0.1) is 5.82 Å². The number of hydrogen-bond donors (Lipinski definition) is 4. The van der Waals surface area contributed by atoms with Crippen molar-refractivity contribution in [2.45, 2.75) is 32.4 Å². The lowest BCUT2D eigenvalue weighted by Crippen LogP contribution is -2.36. The summed E-state index contributed by atoms with van der Waals surface area (Å²) in [5.74, 6) is -1.71. The van der Waals surface area contributed by atoms with Gasteiger partial charge in [0.15, 0.2) is 5.75 Å². The van der Waals surface area contributed by atoms with E-state index in [0.717, 1.165) is 11.1 Å². The molecule has 1 aromatic carbocycles. The van der Waals surface area contributed by atoms with Gasteiger partial charge in [-0.25, -0.2) is 4.39 Å². The Morgan fingerprint density at radius 2 is 1.97 bits per heavy atom. The van der Waals surface area contributed by atoms with Crippen LogP contribution in [0.3, 0.4) is 0 Å². The van der Waals surface area contributed by atoms with Crippen molar-refractivity contribution >= 4 is 16.9 Å². The number of benzene rings is 1. The molecule has 2 aromatic heterocycles. The van der Waals surface area contributed by atoms with Crippen molar-refractivity contribution in [3.63, 3.8) is 0 Å². The highest BCUT2D eigenvalue weighted by molar-refractivity contribution is 6.01. The van der Waals surface area contributed by atoms with E-state index in [1.165, 1.54) is 29.8 Å². The van der Waals surface area contributed by atoms with Gasteiger partial charge in [-0.15, -0.1) is 0 Å². The van der Waals surface area contributed by atoms with Gasteiger partial charge in [-0.05, 0) is 49.1 Å². The van der Waals surface area contributed by atoms with Gasteiger partial charge < -0.3 is 25.2 Å². The molecule has 0 spiro atoms. The number of aliphatic hydroxyl groups excluding tert-OH is 2. The number of rotatable bonds is 8. The Labute approximate surface area is 177 Å². The monoisotopic (exact) mass is 429 g/mol. The van der Waals surface area contributed by atoms with Crippen molar-refractivity contribution < 1.29 is 24.5 Å². The molecule has 9 heteroatoms. The number of aryl methyl sites for hydroxylation is 1. The van der Waals surface area contributed by atoms with Crippen LogP contribution >= 0.6 is 0 Å². The average molecular weight is 429 g/mol. The zero-order chi connectivity index (χ0) is 22.5. The number of pyridine rings is 2. The van der Waals surface area contributed by atoms with E-state index in [4.69, 9.17) is 0 Å². The van der Waals surface area contributed by atoms with Crippen molar-refractivity contribution in [1.29, 1.82) is 0 Å². The van der Waals surface area contributed by atoms with Gasteiger partial charge in [0.2, 0.25) is 0 Å². The van der Waals surface area contributed by atoms with Gasteiger partial charge in [0, 0.05) is 25.9 Å². The Morgan fingerprint density at radius 1 is 1.26 bits per heavy atom. The van der Waals surface area contributed by atoms with Crippen molar-refractivity contribution in [2.24, 2.45) is 0 Å². The fraction of sp³-hybridized carbons (Fsp3) is 0.318. The number of aromatic nitrogens is 2. The molecule has 0 saturated heterocycles. The van der Waals surface area contributed by atoms with Crippen LogP contribution in [0.2, 0.25) is 0 Å². The maximum atomic E-state index is 13.2. The van der Waals surface area contributed by atoms with Crippen molar-refractivity contribution in [2.75, 3.05) is 13.2 Å². The molecular weight excluding hydrogens is 405 g/mol. The van der Waals surface area contributed by atoms with E-state index in [2.05, 4.69) is 10.3 Å². The minimum absolute atomic E-state index is 0.0718. The third-order valence-corrected chi connectivity index (χ3v) is 4.78. The van der Waals surface area contributed by atoms with Crippen LogP contribution in [0.25, 0.3) is 11.0 Å². The van der Waals surface area contributed by atoms with Crippen LogP contribution in [-0.2, 0) is 13.0 Å². The first-order chi connectivity index (χ1) is 14.8. The molecule has 1 amide bonds. The number of nitrogens with zero attached hydrogens (tertiary/aromatic N) is 2. The third kappa shape index (κ3) is 5.07. The number of fused-ring (bicyclic) bond motifs is 1. The Morgan fingerprint density at radius 3 is 2.61 bits per heavy atom. The number of halogens is 1. The van der Waals surface area contributed by atoms with E-state index >= 15 is 0 Å². The molecule has 3 rings (SSSR count). The Hall–Kier alpha value is -3.30. The summed E-state index contributed by atoms with van der Waals surface area (Å²) in [6.45, 7) is 1.34. The topological polar surface area (TPSA) is 125 Å². The molecule has 1 atom stereocenters. The molecule has 0 saturated carbocycles. The first-order valence-electron chi connectivity index (χ1n) is 9.87. The van der Waals surface area contributed by atoms with Gasteiger partial charge in [-0.3, -0.25) is 14.6 Å². The number of amides is 1. The molecule has 0 aliphatic carbocycles. The molecule has 164 valence electrons.